The molecule has 0 aromatic carbocycles. The van der Waals surface area contributed by atoms with Gasteiger partial charge in [-0.05, 0) is 43.9 Å². The Balaban J connectivity index is 1.44. The number of rotatable bonds is 6. The molecule has 1 aromatic rings. The number of carbonyl (C=O) groups excluding carboxylic acids is 1. The van der Waals surface area contributed by atoms with Crippen molar-refractivity contribution >= 4 is 17.4 Å². The first-order valence-corrected chi connectivity index (χ1v) is 9.43. The molecule has 0 bridgehead atoms. The fourth-order valence-electron chi connectivity index (χ4n) is 3.95. The maximum Gasteiger partial charge on any atom is 0.269 e. The van der Waals surface area contributed by atoms with E-state index in [9.17, 15) is 4.79 Å². The van der Waals surface area contributed by atoms with E-state index in [0.717, 1.165) is 56.6 Å². The van der Waals surface area contributed by atoms with Crippen molar-refractivity contribution in [1.82, 2.24) is 15.3 Å². The number of allylic oxidation sites excluding steroid dienone is 1. The molecule has 0 spiro atoms. The maximum absolute atomic E-state index is 12.5. The summed E-state index contributed by atoms with van der Waals surface area (Å²) in [5.41, 5.74) is 1.92. The molecule has 7 nitrogen and oxygen atoms in total. The molecule has 4 rings (SSSR count). The molecule has 1 amide bonds. The monoisotopic (exact) mass is 355 g/mol. The number of fused-ring (bicyclic) bond motifs is 1. The van der Waals surface area contributed by atoms with Crippen LogP contribution in [-0.2, 0) is 9.53 Å². The number of aromatic nitrogens is 2. The van der Waals surface area contributed by atoms with E-state index in [1.165, 1.54) is 0 Å². The number of carbonyl (C=O) groups is 1. The summed E-state index contributed by atoms with van der Waals surface area (Å²) in [6, 6.07) is 0. The Morgan fingerprint density at radius 1 is 1.27 bits per heavy atom. The van der Waals surface area contributed by atoms with Gasteiger partial charge in [0.2, 0.25) is 0 Å². The van der Waals surface area contributed by atoms with Crippen molar-refractivity contribution in [3.05, 3.63) is 29.9 Å². The number of nitrogens with zero attached hydrogens (tertiary/aromatic N) is 2. The van der Waals surface area contributed by atoms with Gasteiger partial charge < -0.3 is 15.4 Å². The third kappa shape index (κ3) is 3.77. The summed E-state index contributed by atoms with van der Waals surface area (Å²) in [4.78, 5) is 20.9. The molecule has 2 heterocycles. The summed E-state index contributed by atoms with van der Waals surface area (Å²) >= 11 is 0. The molecule has 3 aliphatic rings. The van der Waals surface area contributed by atoms with Gasteiger partial charge in [0, 0.05) is 49.3 Å². The van der Waals surface area contributed by atoms with Gasteiger partial charge >= 0.3 is 0 Å². The molecule has 1 aromatic heterocycles. The predicted octanol–water partition coefficient (Wildman–Crippen LogP) is 2.14. The van der Waals surface area contributed by atoms with Crippen LogP contribution in [0.15, 0.2) is 29.9 Å². The van der Waals surface area contributed by atoms with Crippen LogP contribution in [-0.4, -0.2) is 41.3 Å². The highest BCUT2D eigenvalue weighted by Crippen LogP contribution is 2.52. The summed E-state index contributed by atoms with van der Waals surface area (Å²) in [7, 11) is 0. The van der Waals surface area contributed by atoms with Gasteiger partial charge in [0.25, 0.3) is 5.91 Å². The summed E-state index contributed by atoms with van der Waals surface area (Å²) in [5.74, 6) is 1.94. The Morgan fingerprint density at radius 2 is 2.12 bits per heavy atom. The average molecular weight is 355 g/mol. The zero-order valence-corrected chi connectivity index (χ0v) is 14.8. The number of hydrogen-bond donors (Lipinski definition) is 3. The Hall–Kier alpha value is -2.28. The van der Waals surface area contributed by atoms with E-state index >= 15 is 0 Å². The molecule has 2 fully saturated rings. The first-order valence-electron chi connectivity index (χ1n) is 9.43. The molecule has 3 N–H and O–H groups in total. The van der Waals surface area contributed by atoms with E-state index < -0.39 is 0 Å². The van der Waals surface area contributed by atoms with Crippen molar-refractivity contribution in [3.63, 3.8) is 0 Å². The molecule has 2 aliphatic carbocycles. The molecular weight excluding hydrogens is 330 g/mol. The van der Waals surface area contributed by atoms with E-state index in [-0.39, 0.29) is 11.6 Å². The van der Waals surface area contributed by atoms with E-state index in [1.54, 1.807) is 18.6 Å². The smallest absolute Gasteiger partial charge is 0.269 e. The second-order valence-corrected chi connectivity index (χ2v) is 7.39. The quantitative estimate of drug-likeness (QED) is 0.679. The van der Waals surface area contributed by atoms with Crippen LogP contribution < -0.4 is 10.6 Å². The van der Waals surface area contributed by atoms with Crippen LogP contribution in [0.4, 0.5) is 5.82 Å². The minimum Gasteiger partial charge on any atom is -0.381 e. The fraction of sp³-hybridized carbons (Fsp3) is 0.579. The van der Waals surface area contributed by atoms with Crippen LogP contribution >= 0.6 is 0 Å². The molecule has 1 aliphatic heterocycles. The summed E-state index contributed by atoms with van der Waals surface area (Å²) < 4.78 is 5.35. The van der Waals surface area contributed by atoms with Gasteiger partial charge in [-0.1, -0.05) is 0 Å². The molecule has 138 valence electrons. The Kier molecular flexibility index (Phi) is 4.97. The van der Waals surface area contributed by atoms with Crippen molar-refractivity contribution in [2.45, 2.75) is 32.1 Å². The van der Waals surface area contributed by atoms with Crippen LogP contribution in [0.5, 0.6) is 0 Å². The summed E-state index contributed by atoms with van der Waals surface area (Å²) in [6.07, 6.45) is 9.84. The zero-order valence-electron chi connectivity index (χ0n) is 14.8. The number of amides is 1. The van der Waals surface area contributed by atoms with Crippen LogP contribution in [0, 0.1) is 23.2 Å². The lowest BCUT2D eigenvalue weighted by Crippen LogP contribution is -2.37. The van der Waals surface area contributed by atoms with Gasteiger partial charge in [-0.15, -0.1) is 0 Å². The Labute approximate surface area is 153 Å². The molecule has 2 atom stereocenters. The van der Waals surface area contributed by atoms with Crippen LogP contribution in [0.2, 0.25) is 0 Å². The summed E-state index contributed by atoms with van der Waals surface area (Å²) in [6.45, 7) is 2.15. The van der Waals surface area contributed by atoms with Crippen LogP contribution in [0.3, 0.4) is 0 Å². The van der Waals surface area contributed by atoms with Gasteiger partial charge in [0.05, 0.1) is 6.20 Å². The Morgan fingerprint density at radius 3 is 2.88 bits per heavy atom. The second kappa shape index (κ2) is 7.53. The van der Waals surface area contributed by atoms with Crippen molar-refractivity contribution in [1.29, 1.82) is 5.41 Å². The van der Waals surface area contributed by atoms with Crippen molar-refractivity contribution in [2.75, 3.05) is 25.1 Å². The van der Waals surface area contributed by atoms with Crippen molar-refractivity contribution in [2.24, 2.45) is 17.8 Å². The fourth-order valence-corrected chi connectivity index (χ4v) is 3.95. The van der Waals surface area contributed by atoms with E-state index in [4.69, 9.17) is 10.1 Å². The normalized spacial score (nSPS) is 25.4. The van der Waals surface area contributed by atoms with E-state index in [1.807, 2.05) is 0 Å². The van der Waals surface area contributed by atoms with Gasteiger partial charge in [0.15, 0.2) is 0 Å². The highest BCUT2D eigenvalue weighted by molar-refractivity contribution is 6.44. The number of nitrogens with one attached hydrogen (secondary N) is 3. The SMILES string of the molecule is N=C(C(=O)NCC1CCOCC1)C1=C(Nc2cnccn2)C2CC2CC1. The topological polar surface area (TPSA) is 100.0 Å². The van der Waals surface area contributed by atoms with E-state index in [2.05, 4.69) is 20.6 Å². The molecule has 1 saturated heterocycles. The lowest BCUT2D eigenvalue weighted by atomic mass is 9.92. The molecule has 26 heavy (non-hydrogen) atoms. The molecular formula is C19H25N5O2. The Bertz CT molecular complexity index is 712. The molecule has 1 saturated carbocycles. The highest BCUT2D eigenvalue weighted by atomic mass is 16.5. The van der Waals surface area contributed by atoms with Crippen molar-refractivity contribution < 1.29 is 9.53 Å². The molecule has 0 radical (unpaired) electrons. The minimum absolute atomic E-state index is 0.0915. The van der Waals surface area contributed by atoms with Gasteiger partial charge in [-0.3, -0.25) is 15.2 Å². The van der Waals surface area contributed by atoms with Crippen molar-refractivity contribution in [3.8, 4) is 0 Å². The first kappa shape index (κ1) is 17.1. The zero-order chi connectivity index (χ0) is 17.9. The second-order valence-electron chi connectivity index (χ2n) is 7.39. The lowest BCUT2D eigenvalue weighted by molar-refractivity contribution is -0.115. The summed E-state index contributed by atoms with van der Waals surface area (Å²) in [5, 5.41) is 14.7. The molecule has 2 unspecified atom stereocenters. The lowest BCUT2D eigenvalue weighted by Gasteiger charge is -2.24. The predicted molar refractivity (Wildman–Crippen MR) is 97.8 cm³/mol. The number of anilines is 1. The number of ether oxygens (including phenoxy) is 1. The van der Waals surface area contributed by atoms with Gasteiger partial charge in [0.1, 0.15) is 11.5 Å². The third-order valence-corrected chi connectivity index (χ3v) is 5.63. The van der Waals surface area contributed by atoms with Crippen LogP contribution in [0.25, 0.3) is 0 Å². The third-order valence-electron chi connectivity index (χ3n) is 5.63. The maximum atomic E-state index is 12.5. The van der Waals surface area contributed by atoms with Gasteiger partial charge in [-0.25, -0.2) is 4.98 Å². The standard InChI is InChI=1S/C19H25N5O2/c20-17(19(25)23-10-12-3-7-26-8-4-12)14-2-1-13-9-15(13)18(14)24-16-11-21-5-6-22-16/h5-6,11-13,15,20H,1-4,7-10H2,(H,22,24)(H,23,25). The van der Waals surface area contributed by atoms with E-state index in [0.29, 0.717) is 30.1 Å². The van der Waals surface area contributed by atoms with Gasteiger partial charge in [-0.2, -0.15) is 0 Å². The van der Waals surface area contributed by atoms with Crippen LogP contribution in [0.1, 0.15) is 32.1 Å². The largest absolute Gasteiger partial charge is 0.381 e. The minimum atomic E-state index is -0.274. The average Bonchev–Trinajstić information content (AvgIpc) is 3.48. The first-order chi connectivity index (χ1) is 12.7. The highest BCUT2D eigenvalue weighted by Gasteiger charge is 2.45. The number of hydrogen-bond acceptors (Lipinski definition) is 6. The molecule has 7 heteroatoms.